The van der Waals surface area contributed by atoms with Gasteiger partial charge in [0.1, 0.15) is 22.9 Å². The minimum absolute atomic E-state index is 0.0248. The Labute approximate surface area is 281 Å². The molecule has 0 fully saturated rings. The number of nitrogens with one attached hydrogen (secondary N) is 3. The van der Waals surface area contributed by atoms with E-state index >= 15 is 0 Å². The first-order chi connectivity index (χ1) is 23.0. The maximum atomic E-state index is 14.0. The fraction of sp³-hybridized carbons (Fsp3) is 0.324. The van der Waals surface area contributed by atoms with Crippen molar-refractivity contribution in [2.75, 3.05) is 25.6 Å². The largest absolute Gasteiger partial charge is 0.493 e. The summed E-state index contributed by atoms with van der Waals surface area (Å²) in [6, 6.07) is 8.53. The van der Waals surface area contributed by atoms with Gasteiger partial charge in [-0.05, 0) is 68.5 Å². The van der Waals surface area contributed by atoms with Crippen LogP contribution in [0.25, 0.3) is 21.6 Å². The van der Waals surface area contributed by atoms with E-state index in [4.69, 9.17) is 14.2 Å². The zero-order valence-corrected chi connectivity index (χ0v) is 28.1. The summed E-state index contributed by atoms with van der Waals surface area (Å²) in [4.78, 5) is 65.6. The summed E-state index contributed by atoms with van der Waals surface area (Å²) >= 11 is 1.54. The predicted octanol–water partition coefficient (Wildman–Crippen LogP) is 5.41. The number of hydrogen-bond acceptors (Lipinski definition) is 11. The van der Waals surface area contributed by atoms with Gasteiger partial charge in [0.05, 0.1) is 38.3 Å². The first kappa shape index (κ1) is 34.0. The van der Waals surface area contributed by atoms with Crippen molar-refractivity contribution < 1.29 is 33.4 Å². The van der Waals surface area contributed by atoms with Gasteiger partial charge in [0.25, 0.3) is 11.8 Å². The van der Waals surface area contributed by atoms with E-state index in [9.17, 15) is 19.2 Å². The Hall–Kier alpha value is -5.37. The molecule has 0 spiro atoms. The minimum Gasteiger partial charge on any atom is -0.493 e. The van der Waals surface area contributed by atoms with E-state index in [-0.39, 0.29) is 29.1 Å². The molecule has 0 saturated carbocycles. The molecule has 48 heavy (non-hydrogen) atoms. The van der Waals surface area contributed by atoms with Crippen LogP contribution in [0, 0.1) is 0 Å². The first-order valence-corrected chi connectivity index (χ1v) is 16.2. The number of carbonyl (C=O) groups is 4. The van der Waals surface area contributed by atoms with Crippen LogP contribution in [0.3, 0.4) is 0 Å². The number of esters is 1. The number of aromatic nitrogens is 3. The predicted molar refractivity (Wildman–Crippen MR) is 179 cm³/mol. The Morgan fingerprint density at radius 1 is 0.979 bits per heavy atom. The maximum Gasteiger partial charge on any atom is 0.408 e. The lowest BCUT2D eigenvalue weighted by Crippen LogP contribution is -2.32. The normalized spacial score (nSPS) is 12.0. The smallest absolute Gasteiger partial charge is 0.408 e. The number of alkyl carbamates (subject to hydrolysis) is 1. The summed E-state index contributed by atoms with van der Waals surface area (Å²) < 4.78 is 16.4. The molecule has 3 aromatic heterocycles. The van der Waals surface area contributed by atoms with Gasteiger partial charge in [0.2, 0.25) is 0 Å². The number of carbonyl (C=O) groups excluding carboxylic acids is 4. The van der Waals surface area contributed by atoms with Crippen molar-refractivity contribution in [1.82, 2.24) is 25.6 Å². The van der Waals surface area contributed by atoms with Crippen LogP contribution >= 0.6 is 11.3 Å². The van der Waals surface area contributed by atoms with Crippen molar-refractivity contribution in [3.8, 4) is 27.3 Å². The number of benzene rings is 1. The fourth-order valence-corrected chi connectivity index (χ4v) is 5.86. The van der Waals surface area contributed by atoms with Crippen molar-refractivity contribution in [2.45, 2.75) is 52.7 Å². The quantitative estimate of drug-likeness (QED) is 0.196. The molecule has 4 heterocycles. The molecule has 0 unspecified atom stereocenters. The molecule has 0 radical (unpaired) electrons. The second kappa shape index (κ2) is 14.6. The zero-order chi connectivity index (χ0) is 34.4. The highest BCUT2D eigenvalue weighted by molar-refractivity contribution is 7.13. The standard InChI is InChI=1S/C34H36N6O7S/c1-6-11-35-31(42)25-8-7-21(28(40-25)32(43)45-5)22-15-26-24(29-19(9-12-46-26)10-13-48-29)14-23(22)30(41)39-20-16-36-27(37-17-20)18-38-33(44)47-34(2,3)4/h7-8,10,13-17H,6,9,11-12,18H2,1-5H3,(H,35,42)(H,38,44)(H,39,41). The lowest BCUT2D eigenvalue weighted by molar-refractivity contribution is 0.0520. The Kier molecular flexibility index (Phi) is 10.3. The Morgan fingerprint density at radius 2 is 1.75 bits per heavy atom. The highest BCUT2D eigenvalue weighted by Crippen LogP contribution is 2.43. The topological polar surface area (TPSA) is 171 Å². The van der Waals surface area contributed by atoms with Gasteiger partial charge >= 0.3 is 12.1 Å². The number of anilines is 1. The molecule has 5 rings (SSSR count). The van der Waals surface area contributed by atoms with Crippen LogP contribution in [0.1, 0.15) is 76.8 Å². The van der Waals surface area contributed by atoms with Crippen LogP contribution in [-0.4, -0.2) is 64.7 Å². The molecule has 4 aromatic rings. The van der Waals surface area contributed by atoms with Crippen molar-refractivity contribution >= 4 is 40.9 Å². The zero-order valence-electron chi connectivity index (χ0n) is 27.3. The molecule has 1 aliphatic rings. The Balaban J connectivity index is 1.51. The average Bonchev–Trinajstić information content (AvgIpc) is 3.46. The van der Waals surface area contributed by atoms with Crippen LogP contribution in [0.4, 0.5) is 10.5 Å². The van der Waals surface area contributed by atoms with Crippen molar-refractivity contribution in [2.24, 2.45) is 0 Å². The number of fused-ring (bicyclic) bond motifs is 3. The third-order valence-corrected chi connectivity index (χ3v) is 8.06. The van der Waals surface area contributed by atoms with E-state index in [0.717, 1.165) is 22.4 Å². The van der Waals surface area contributed by atoms with Crippen molar-refractivity contribution in [3.05, 3.63) is 76.4 Å². The molecular formula is C34H36N6O7S. The van der Waals surface area contributed by atoms with Gasteiger partial charge in [-0.2, -0.15) is 0 Å². The summed E-state index contributed by atoms with van der Waals surface area (Å²) in [6.07, 6.45) is 3.65. The van der Waals surface area contributed by atoms with E-state index in [0.29, 0.717) is 42.4 Å². The summed E-state index contributed by atoms with van der Waals surface area (Å²) in [5.41, 5.74) is 2.21. The van der Waals surface area contributed by atoms with Gasteiger partial charge < -0.3 is 30.2 Å². The number of hydrogen-bond donors (Lipinski definition) is 3. The molecule has 14 heteroatoms. The number of methoxy groups -OCH3 is 1. The number of rotatable bonds is 9. The number of ether oxygens (including phenoxy) is 3. The summed E-state index contributed by atoms with van der Waals surface area (Å²) in [7, 11) is 1.22. The Morgan fingerprint density at radius 3 is 2.46 bits per heavy atom. The van der Waals surface area contributed by atoms with E-state index in [2.05, 4.69) is 30.9 Å². The molecule has 13 nitrogen and oxygen atoms in total. The third kappa shape index (κ3) is 7.94. The van der Waals surface area contributed by atoms with Crippen LogP contribution in [0.2, 0.25) is 0 Å². The third-order valence-electron chi connectivity index (χ3n) is 7.07. The van der Waals surface area contributed by atoms with Crippen molar-refractivity contribution in [1.29, 1.82) is 0 Å². The van der Waals surface area contributed by atoms with Crippen LogP contribution in [0.5, 0.6) is 5.75 Å². The SMILES string of the molecule is CCCNC(=O)c1ccc(-c2cc3c(cc2C(=O)Nc2cnc(CNC(=O)OC(C)(C)C)nc2)-c2sccc2CCO3)c(C(=O)OC)n1. The van der Waals surface area contributed by atoms with Crippen molar-refractivity contribution in [3.63, 3.8) is 0 Å². The second-order valence-corrected chi connectivity index (χ2v) is 12.7. The van der Waals surface area contributed by atoms with Gasteiger partial charge in [0, 0.05) is 40.1 Å². The molecule has 1 aromatic carbocycles. The molecule has 0 aliphatic carbocycles. The first-order valence-electron chi connectivity index (χ1n) is 15.3. The fourth-order valence-electron chi connectivity index (χ4n) is 4.89. The number of thiophene rings is 1. The highest BCUT2D eigenvalue weighted by Gasteiger charge is 2.27. The lowest BCUT2D eigenvalue weighted by Gasteiger charge is -2.19. The number of nitrogens with zero attached hydrogens (tertiary/aromatic N) is 3. The van der Waals surface area contributed by atoms with E-state index in [1.165, 1.54) is 25.6 Å². The molecule has 3 amide bonds. The molecule has 3 N–H and O–H groups in total. The monoisotopic (exact) mass is 672 g/mol. The highest BCUT2D eigenvalue weighted by atomic mass is 32.1. The average molecular weight is 673 g/mol. The minimum atomic E-state index is -0.776. The van der Waals surface area contributed by atoms with E-state index < -0.39 is 29.5 Å². The molecular weight excluding hydrogens is 636 g/mol. The summed E-state index contributed by atoms with van der Waals surface area (Å²) in [6.45, 7) is 8.10. The molecule has 0 saturated heterocycles. The maximum absolute atomic E-state index is 14.0. The lowest BCUT2D eigenvalue weighted by atomic mass is 9.93. The molecule has 250 valence electrons. The van der Waals surface area contributed by atoms with Gasteiger partial charge in [-0.25, -0.2) is 24.5 Å². The van der Waals surface area contributed by atoms with Gasteiger partial charge in [-0.15, -0.1) is 11.3 Å². The van der Waals surface area contributed by atoms with E-state index in [1.54, 1.807) is 50.3 Å². The molecule has 0 bridgehead atoms. The number of pyridine rings is 1. The molecule has 1 aliphatic heterocycles. The van der Waals surface area contributed by atoms with Gasteiger partial charge in [0.15, 0.2) is 5.69 Å². The van der Waals surface area contributed by atoms with Crippen LogP contribution in [-0.2, 0) is 22.4 Å². The van der Waals surface area contributed by atoms with Crippen LogP contribution < -0.4 is 20.7 Å². The van der Waals surface area contributed by atoms with E-state index in [1.807, 2.05) is 18.4 Å². The van der Waals surface area contributed by atoms with Crippen LogP contribution in [0.15, 0.2) is 48.1 Å². The second-order valence-electron chi connectivity index (χ2n) is 11.8. The Bertz CT molecular complexity index is 1850. The molecule has 0 atom stereocenters. The summed E-state index contributed by atoms with van der Waals surface area (Å²) in [5.74, 6) is -0.884. The summed E-state index contributed by atoms with van der Waals surface area (Å²) in [5, 5.41) is 10.2. The number of amides is 3. The van der Waals surface area contributed by atoms with Gasteiger partial charge in [-0.3, -0.25) is 9.59 Å². The van der Waals surface area contributed by atoms with Gasteiger partial charge in [-0.1, -0.05) is 6.92 Å².